The van der Waals surface area contributed by atoms with Crippen LogP contribution in [0.25, 0.3) is 0 Å². The van der Waals surface area contributed by atoms with Gasteiger partial charge in [-0.25, -0.2) is 0 Å². The van der Waals surface area contributed by atoms with E-state index in [1.807, 2.05) is 26.0 Å². The monoisotopic (exact) mass is 521 g/mol. The van der Waals surface area contributed by atoms with E-state index in [0.717, 1.165) is 5.56 Å². The Morgan fingerprint density at radius 3 is 2.45 bits per heavy atom. The summed E-state index contributed by atoms with van der Waals surface area (Å²) in [4.78, 5) is 39.4. The van der Waals surface area contributed by atoms with Crippen LogP contribution in [0.2, 0.25) is 0 Å². The number of hydrogen-bond acceptors (Lipinski definition) is 9. The number of Topliss-reactive ketones (excluding diaryl/α,β-unsaturated/α-hetero) is 2. The Morgan fingerprint density at radius 2 is 1.84 bits per heavy atom. The fourth-order valence-corrected chi connectivity index (χ4v) is 4.91. The highest BCUT2D eigenvalue weighted by Gasteiger charge is 2.56. The van der Waals surface area contributed by atoms with E-state index in [2.05, 4.69) is 5.32 Å². The number of fused-ring (bicyclic) bond motifs is 3. The lowest BCUT2D eigenvalue weighted by atomic mass is 9.70. The van der Waals surface area contributed by atoms with Gasteiger partial charge in [-0.2, -0.15) is 0 Å². The SMILES string of the molecule is COc1cccc(CNC(C)=C2C(=O)C=C3Oc4c(C(C)=O)c(O)c(C)c(O)c4C3(C)C2=O)c1OC(C)C. The van der Waals surface area contributed by atoms with Crippen LogP contribution >= 0.6 is 0 Å². The number of benzene rings is 2. The summed E-state index contributed by atoms with van der Waals surface area (Å²) in [5.41, 5.74) is -0.644. The van der Waals surface area contributed by atoms with Gasteiger partial charge in [0.15, 0.2) is 28.8 Å². The van der Waals surface area contributed by atoms with Crippen LogP contribution in [0.5, 0.6) is 28.7 Å². The van der Waals surface area contributed by atoms with Crippen LogP contribution < -0.4 is 19.5 Å². The highest BCUT2D eigenvalue weighted by molar-refractivity contribution is 6.31. The van der Waals surface area contributed by atoms with Gasteiger partial charge < -0.3 is 29.7 Å². The number of aromatic hydroxyl groups is 2. The molecule has 4 rings (SSSR count). The van der Waals surface area contributed by atoms with Gasteiger partial charge in [-0.15, -0.1) is 0 Å². The van der Waals surface area contributed by atoms with E-state index in [4.69, 9.17) is 14.2 Å². The number of carbonyl (C=O) groups excluding carboxylic acids is 3. The van der Waals surface area contributed by atoms with Gasteiger partial charge in [0, 0.05) is 29.4 Å². The standard InChI is InChI=1S/C29H31NO8/c1-13(2)37-26-17(9-8-10-19(26)36-7)12-30-15(4)21-18(32)11-20-29(6,28(21)35)23-25(34)14(3)24(33)22(16(5)31)27(23)38-20/h8-11,13,30,33-34H,12H2,1-7H3. The van der Waals surface area contributed by atoms with Crippen LogP contribution in [0.15, 0.2) is 41.3 Å². The van der Waals surface area contributed by atoms with Crippen molar-refractivity contribution in [3.05, 3.63) is 63.6 Å². The molecule has 9 heteroatoms. The molecule has 1 unspecified atom stereocenters. The smallest absolute Gasteiger partial charge is 0.194 e. The minimum absolute atomic E-state index is 0.0118. The van der Waals surface area contributed by atoms with Crippen molar-refractivity contribution in [2.75, 3.05) is 7.11 Å². The van der Waals surface area contributed by atoms with E-state index in [-0.39, 0.29) is 52.2 Å². The zero-order chi connectivity index (χ0) is 28.1. The molecule has 2 aromatic rings. The molecule has 2 aliphatic rings. The van der Waals surface area contributed by atoms with Gasteiger partial charge in [0.05, 0.1) is 24.4 Å². The summed E-state index contributed by atoms with van der Waals surface area (Å²) in [6.07, 6.45) is 1.09. The zero-order valence-corrected chi connectivity index (χ0v) is 22.4. The van der Waals surface area contributed by atoms with Crippen molar-refractivity contribution in [1.29, 1.82) is 0 Å². The summed E-state index contributed by atoms with van der Waals surface area (Å²) in [6, 6.07) is 5.46. The highest BCUT2D eigenvalue weighted by Crippen LogP contribution is 2.57. The average molecular weight is 522 g/mol. The summed E-state index contributed by atoms with van der Waals surface area (Å²) in [7, 11) is 1.55. The molecule has 0 bridgehead atoms. The third-order valence-electron chi connectivity index (χ3n) is 6.94. The third-order valence-corrected chi connectivity index (χ3v) is 6.94. The largest absolute Gasteiger partial charge is 0.507 e. The van der Waals surface area contributed by atoms with Crippen LogP contribution in [0.1, 0.15) is 61.7 Å². The molecule has 1 aliphatic heterocycles. The number of para-hydroxylation sites is 1. The number of hydrogen-bond donors (Lipinski definition) is 3. The molecule has 0 fully saturated rings. The van der Waals surface area contributed by atoms with Crippen molar-refractivity contribution in [1.82, 2.24) is 5.32 Å². The zero-order valence-electron chi connectivity index (χ0n) is 22.4. The first-order chi connectivity index (χ1) is 17.8. The lowest BCUT2D eigenvalue weighted by Crippen LogP contribution is -2.41. The maximum atomic E-state index is 14.0. The normalized spacial score (nSPS) is 19.4. The molecular weight excluding hydrogens is 490 g/mol. The summed E-state index contributed by atoms with van der Waals surface area (Å²) >= 11 is 0. The number of phenols is 2. The molecule has 38 heavy (non-hydrogen) atoms. The second kappa shape index (κ2) is 9.55. The van der Waals surface area contributed by atoms with Crippen LogP contribution in [0, 0.1) is 6.92 Å². The van der Waals surface area contributed by atoms with E-state index in [1.165, 1.54) is 26.8 Å². The molecule has 1 aliphatic carbocycles. The average Bonchev–Trinajstić information content (AvgIpc) is 3.14. The number of nitrogens with one attached hydrogen (secondary N) is 1. The molecule has 1 atom stereocenters. The highest BCUT2D eigenvalue weighted by atomic mass is 16.5. The number of ether oxygens (including phenoxy) is 3. The van der Waals surface area contributed by atoms with Crippen molar-refractivity contribution in [2.45, 2.75) is 59.6 Å². The van der Waals surface area contributed by atoms with Gasteiger partial charge in [0.25, 0.3) is 0 Å². The fourth-order valence-electron chi connectivity index (χ4n) is 4.91. The molecule has 0 amide bonds. The Hall–Kier alpha value is -4.27. The Kier molecular flexibility index (Phi) is 6.73. The molecule has 1 heterocycles. The molecule has 9 nitrogen and oxygen atoms in total. The van der Waals surface area contributed by atoms with Gasteiger partial charge in [-0.3, -0.25) is 14.4 Å². The quantitative estimate of drug-likeness (QED) is 0.279. The molecule has 0 saturated carbocycles. The van der Waals surface area contributed by atoms with Gasteiger partial charge >= 0.3 is 0 Å². The molecule has 2 aromatic carbocycles. The van der Waals surface area contributed by atoms with Crippen molar-refractivity contribution in [3.8, 4) is 28.7 Å². The van der Waals surface area contributed by atoms with Crippen LogP contribution in [0.4, 0.5) is 0 Å². The van der Waals surface area contributed by atoms with Crippen molar-refractivity contribution in [2.24, 2.45) is 0 Å². The van der Waals surface area contributed by atoms with Gasteiger partial charge in [0.2, 0.25) is 0 Å². The Bertz CT molecular complexity index is 1450. The maximum Gasteiger partial charge on any atom is 0.194 e. The predicted molar refractivity (Wildman–Crippen MR) is 139 cm³/mol. The van der Waals surface area contributed by atoms with Crippen molar-refractivity contribution in [3.63, 3.8) is 0 Å². The fraction of sp³-hybridized carbons (Fsp3) is 0.345. The van der Waals surface area contributed by atoms with E-state index >= 15 is 0 Å². The van der Waals surface area contributed by atoms with E-state index < -0.39 is 28.5 Å². The van der Waals surface area contributed by atoms with Crippen LogP contribution in [0.3, 0.4) is 0 Å². The number of methoxy groups -OCH3 is 1. The summed E-state index contributed by atoms with van der Waals surface area (Å²) < 4.78 is 17.2. The summed E-state index contributed by atoms with van der Waals surface area (Å²) in [6.45, 7) is 9.88. The van der Waals surface area contributed by atoms with Crippen LogP contribution in [-0.4, -0.2) is 40.8 Å². The first-order valence-electron chi connectivity index (χ1n) is 12.2. The molecule has 200 valence electrons. The Morgan fingerprint density at radius 1 is 1.16 bits per heavy atom. The van der Waals surface area contributed by atoms with Gasteiger partial charge in [-0.05, 0) is 47.6 Å². The van der Waals surface area contributed by atoms with E-state index in [9.17, 15) is 24.6 Å². The van der Waals surface area contributed by atoms with Crippen molar-refractivity contribution >= 4 is 17.3 Å². The third kappa shape index (κ3) is 3.98. The first kappa shape index (κ1) is 26.8. The van der Waals surface area contributed by atoms with Crippen LogP contribution in [-0.2, 0) is 21.5 Å². The van der Waals surface area contributed by atoms with Crippen molar-refractivity contribution < 1.29 is 38.8 Å². The molecule has 0 aromatic heterocycles. The lowest BCUT2D eigenvalue weighted by Gasteiger charge is -2.29. The maximum absolute atomic E-state index is 14.0. The Balaban J connectivity index is 1.78. The van der Waals surface area contributed by atoms with E-state index in [1.54, 1.807) is 20.1 Å². The first-order valence-corrected chi connectivity index (χ1v) is 12.2. The molecule has 0 radical (unpaired) electrons. The second-order valence-corrected chi connectivity index (χ2v) is 9.86. The Labute approximate surface area is 220 Å². The number of phenolic OH excluding ortho intramolecular Hbond substituents is 2. The topological polar surface area (TPSA) is 131 Å². The minimum Gasteiger partial charge on any atom is -0.507 e. The van der Waals surface area contributed by atoms with Gasteiger partial charge in [-0.1, -0.05) is 12.1 Å². The molecule has 3 N–H and O–H groups in total. The lowest BCUT2D eigenvalue weighted by molar-refractivity contribution is -0.123. The number of rotatable bonds is 7. The van der Waals surface area contributed by atoms with Gasteiger partial charge in [0.1, 0.15) is 34.0 Å². The molecule has 0 saturated heterocycles. The number of allylic oxidation sites excluding steroid dienone is 4. The minimum atomic E-state index is -1.57. The summed E-state index contributed by atoms with van der Waals surface area (Å²) in [5.74, 6) is -1.49. The second-order valence-electron chi connectivity index (χ2n) is 9.86. The number of ketones is 3. The molecular formula is C29H31NO8. The summed E-state index contributed by atoms with van der Waals surface area (Å²) in [5, 5.41) is 24.6. The number of carbonyl (C=O) groups is 3. The van der Waals surface area contributed by atoms with E-state index in [0.29, 0.717) is 17.2 Å². The predicted octanol–water partition coefficient (Wildman–Crippen LogP) is 4.15. The molecule has 0 spiro atoms.